The van der Waals surface area contributed by atoms with E-state index in [9.17, 15) is 4.79 Å². The molecule has 2 aliphatic heterocycles. The van der Waals surface area contributed by atoms with Gasteiger partial charge in [0.2, 0.25) is 5.91 Å². The van der Waals surface area contributed by atoms with Crippen LogP contribution in [0.2, 0.25) is 0 Å². The number of hydrogen-bond acceptors (Lipinski definition) is 5. The molecule has 1 N–H and O–H groups in total. The molecule has 172 valence electrons. The molecule has 0 bridgehead atoms. The Balaban J connectivity index is 1.55. The van der Waals surface area contributed by atoms with Gasteiger partial charge in [0.05, 0.1) is 30.5 Å². The number of morpholine rings is 1. The van der Waals surface area contributed by atoms with E-state index in [1.807, 2.05) is 12.3 Å². The molecular weight excluding hydrogens is 414 g/mol. The van der Waals surface area contributed by atoms with Gasteiger partial charge < -0.3 is 19.5 Å². The van der Waals surface area contributed by atoms with Gasteiger partial charge in [-0.3, -0.25) is 4.79 Å². The van der Waals surface area contributed by atoms with Crippen molar-refractivity contribution in [2.24, 2.45) is 5.92 Å². The predicted octanol–water partition coefficient (Wildman–Crippen LogP) is 3.88. The molecule has 2 fully saturated rings. The number of amides is 1. The van der Waals surface area contributed by atoms with Crippen molar-refractivity contribution >= 4 is 22.6 Å². The quantitative estimate of drug-likeness (QED) is 0.662. The van der Waals surface area contributed by atoms with Gasteiger partial charge in [0.1, 0.15) is 5.82 Å². The third kappa shape index (κ3) is 3.32. The minimum absolute atomic E-state index is 0.194. The first-order valence-corrected chi connectivity index (χ1v) is 12.1. The van der Waals surface area contributed by atoms with Crippen molar-refractivity contribution in [3.63, 3.8) is 0 Å². The zero-order valence-electron chi connectivity index (χ0n) is 19.6. The molecule has 2 aromatic heterocycles. The summed E-state index contributed by atoms with van der Waals surface area (Å²) in [4.78, 5) is 31.3. The standard InChI is InChI=1S/C26H31N5O2/c1-16-15-33-14-13-30(16)24-20-10-12-31(25(32)17-7-8-17)26(2,3)22(20)28-23(29-24)19-5-4-6-21-18(19)9-11-27-21/h4-6,9,11,16-17,27H,7-8,10,12-15H2,1-3H3/t16-/m1/s1. The lowest BCUT2D eigenvalue weighted by molar-refractivity contribution is -0.139. The Bertz CT molecular complexity index is 1230. The topological polar surface area (TPSA) is 74.3 Å². The average Bonchev–Trinajstić information content (AvgIpc) is 3.55. The molecule has 3 aromatic rings. The van der Waals surface area contributed by atoms with Gasteiger partial charge in [-0.25, -0.2) is 9.97 Å². The van der Waals surface area contributed by atoms with E-state index in [4.69, 9.17) is 14.7 Å². The monoisotopic (exact) mass is 445 g/mol. The van der Waals surface area contributed by atoms with Gasteiger partial charge in [-0.05, 0) is 52.2 Å². The zero-order chi connectivity index (χ0) is 22.7. The van der Waals surface area contributed by atoms with Crippen molar-refractivity contribution < 1.29 is 9.53 Å². The molecule has 0 radical (unpaired) electrons. The van der Waals surface area contributed by atoms with Crippen molar-refractivity contribution in [3.8, 4) is 11.4 Å². The average molecular weight is 446 g/mol. The van der Waals surface area contributed by atoms with Crippen molar-refractivity contribution in [2.45, 2.75) is 51.6 Å². The number of ether oxygens (including phenoxy) is 1. The molecule has 1 amide bonds. The van der Waals surface area contributed by atoms with Crippen LogP contribution in [0.1, 0.15) is 44.9 Å². The number of rotatable bonds is 3. The number of nitrogens with zero attached hydrogens (tertiary/aromatic N) is 4. The number of nitrogens with one attached hydrogen (secondary N) is 1. The lowest BCUT2D eigenvalue weighted by Gasteiger charge is -2.45. The summed E-state index contributed by atoms with van der Waals surface area (Å²) in [5, 5.41) is 1.11. The smallest absolute Gasteiger partial charge is 0.226 e. The number of fused-ring (bicyclic) bond motifs is 2. The maximum Gasteiger partial charge on any atom is 0.226 e. The fraction of sp³-hybridized carbons (Fsp3) is 0.500. The minimum atomic E-state index is -0.485. The van der Waals surface area contributed by atoms with Gasteiger partial charge in [-0.15, -0.1) is 0 Å². The first kappa shape index (κ1) is 20.7. The maximum atomic E-state index is 13.2. The molecule has 1 saturated carbocycles. The Kier molecular flexibility index (Phi) is 4.73. The van der Waals surface area contributed by atoms with Crippen LogP contribution < -0.4 is 4.90 Å². The summed E-state index contributed by atoms with van der Waals surface area (Å²) in [6.45, 7) is 9.40. The molecule has 1 aromatic carbocycles. The van der Waals surface area contributed by atoms with Crippen molar-refractivity contribution in [1.29, 1.82) is 0 Å². The van der Waals surface area contributed by atoms with E-state index in [2.05, 4.69) is 53.8 Å². The van der Waals surface area contributed by atoms with E-state index >= 15 is 0 Å². The first-order chi connectivity index (χ1) is 15.9. The van der Waals surface area contributed by atoms with Crippen molar-refractivity contribution in [3.05, 3.63) is 41.7 Å². The number of H-pyrrole nitrogens is 1. The van der Waals surface area contributed by atoms with E-state index in [1.165, 1.54) is 5.56 Å². The molecular formula is C26H31N5O2. The van der Waals surface area contributed by atoms with Crippen LogP contribution in [0.3, 0.4) is 0 Å². The second kappa shape index (κ2) is 7.55. The van der Waals surface area contributed by atoms with Crippen LogP contribution >= 0.6 is 0 Å². The summed E-state index contributed by atoms with van der Waals surface area (Å²) in [5.41, 5.74) is 3.76. The summed E-state index contributed by atoms with van der Waals surface area (Å²) in [6, 6.07) is 8.53. The fourth-order valence-corrected chi connectivity index (χ4v) is 5.46. The Morgan fingerprint density at radius 3 is 2.82 bits per heavy atom. The highest BCUT2D eigenvalue weighted by molar-refractivity contribution is 5.93. The van der Waals surface area contributed by atoms with Gasteiger partial charge in [0, 0.05) is 47.2 Å². The molecule has 3 aliphatic rings. The summed E-state index contributed by atoms with van der Waals surface area (Å²) < 4.78 is 5.72. The number of aromatic nitrogens is 3. The summed E-state index contributed by atoms with van der Waals surface area (Å²) >= 11 is 0. The number of carbonyl (C=O) groups excluding carboxylic acids is 1. The highest BCUT2D eigenvalue weighted by Crippen LogP contribution is 2.43. The molecule has 33 heavy (non-hydrogen) atoms. The lowest BCUT2D eigenvalue weighted by atomic mass is 9.86. The number of benzene rings is 1. The van der Waals surface area contributed by atoms with Crippen LogP contribution in [-0.4, -0.2) is 58.1 Å². The van der Waals surface area contributed by atoms with Crippen LogP contribution in [0.5, 0.6) is 0 Å². The highest BCUT2D eigenvalue weighted by atomic mass is 16.5. The largest absolute Gasteiger partial charge is 0.377 e. The van der Waals surface area contributed by atoms with Gasteiger partial charge in [0.15, 0.2) is 5.82 Å². The maximum absolute atomic E-state index is 13.2. The predicted molar refractivity (Wildman–Crippen MR) is 128 cm³/mol. The van der Waals surface area contributed by atoms with Crippen LogP contribution in [0.4, 0.5) is 5.82 Å². The summed E-state index contributed by atoms with van der Waals surface area (Å²) in [7, 11) is 0. The zero-order valence-corrected chi connectivity index (χ0v) is 19.6. The van der Waals surface area contributed by atoms with E-state index in [-0.39, 0.29) is 17.9 Å². The molecule has 0 spiro atoms. The molecule has 1 aliphatic carbocycles. The fourth-order valence-electron chi connectivity index (χ4n) is 5.46. The number of aromatic amines is 1. The molecule has 0 unspecified atom stereocenters. The van der Waals surface area contributed by atoms with Crippen LogP contribution in [0.25, 0.3) is 22.3 Å². The second-order valence-corrected chi connectivity index (χ2v) is 10.1. The van der Waals surface area contributed by atoms with Crippen molar-refractivity contribution in [2.75, 3.05) is 31.2 Å². The Morgan fingerprint density at radius 2 is 2.03 bits per heavy atom. The number of hydrogen-bond donors (Lipinski definition) is 1. The number of anilines is 1. The third-order valence-corrected chi connectivity index (χ3v) is 7.49. The molecule has 7 heteroatoms. The molecule has 1 saturated heterocycles. The normalized spacial score (nSPS) is 22.5. The van der Waals surface area contributed by atoms with E-state index in [0.717, 1.165) is 66.2 Å². The Morgan fingerprint density at radius 1 is 1.18 bits per heavy atom. The van der Waals surface area contributed by atoms with Crippen LogP contribution in [0.15, 0.2) is 30.5 Å². The Labute approximate surface area is 194 Å². The second-order valence-electron chi connectivity index (χ2n) is 10.1. The van der Waals surface area contributed by atoms with Gasteiger partial charge in [0.25, 0.3) is 0 Å². The minimum Gasteiger partial charge on any atom is -0.377 e. The third-order valence-electron chi connectivity index (χ3n) is 7.49. The number of carbonyl (C=O) groups is 1. The van der Waals surface area contributed by atoms with Gasteiger partial charge >= 0.3 is 0 Å². The van der Waals surface area contributed by atoms with Gasteiger partial charge in [-0.2, -0.15) is 0 Å². The van der Waals surface area contributed by atoms with Crippen LogP contribution in [0, 0.1) is 5.92 Å². The van der Waals surface area contributed by atoms with E-state index in [0.29, 0.717) is 13.2 Å². The van der Waals surface area contributed by atoms with E-state index in [1.54, 1.807) is 0 Å². The molecule has 6 rings (SSSR count). The molecule has 7 nitrogen and oxygen atoms in total. The van der Waals surface area contributed by atoms with Crippen LogP contribution in [-0.2, 0) is 21.5 Å². The van der Waals surface area contributed by atoms with Crippen molar-refractivity contribution in [1.82, 2.24) is 19.9 Å². The molecule has 4 heterocycles. The highest BCUT2D eigenvalue weighted by Gasteiger charge is 2.45. The SMILES string of the molecule is C[C@@H]1COCCN1c1nc(-c2cccc3[nH]ccc23)nc2c1CCN(C(=O)C1CC1)C2(C)C. The first-order valence-electron chi connectivity index (χ1n) is 12.1. The summed E-state index contributed by atoms with van der Waals surface area (Å²) in [6.07, 6.45) is 4.77. The summed E-state index contributed by atoms with van der Waals surface area (Å²) in [5.74, 6) is 2.20. The molecule has 1 atom stereocenters. The van der Waals surface area contributed by atoms with Gasteiger partial charge in [-0.1, -0.05) is 12.1 Å². The Hall–Kier alpha value is -2.93. The lowest BCUT2D eigenvalue weighted by Crippen LogP contribution is -2.52. The van der Waals surface area contributed by atoms with E-state index < -0.39 is 5.54 Å².